The molecule has 3 aliphatic heterocycles. The van der Waals surface area contributed by atoms with Gasteiger partial charge in [0.25, 0.3) is 0 Å². The Kier molecular flexibility index (Phi) is 8.12. The van der Waals surface area contributed by atoms with Crippen molar-refractivity contribution in [1.82, 2.24) is 30.7 Å². The number of fused-ring (bicyclic) bond motifs is 1. The first-order valence-corrected chi connectivity index (χ1v) is 11.3. The molecule has 0 aromatic carbocycles. The number of carbonyl (C=O) groups is 3. The van der Waals surface area contributed by atoms with Crippen LogP contribution in [0, 0.1) is 0 Å². The van der Waals surface area contributed by atoms with Crippen molar-refractivity contribution in [2.24, 2.45) is 0 Å². The van der Waals surface area contributed by atoms with Gasteiger partial charge in [0.15, 0.2) is 0 Å². The molecule has 3 atom stereocenters. The summed E-state index contributed by atoms with van der Waals surface area (Å²) >= 11 is 0. The van der Waals surface area contributed by atoms with Gasteiger partial charge in [0, 0.05) is 44.9 Å². The van der Waals surface area contributed by atoms with Gasteiger partial charge in [-0.05, 0) is 53.2 Å². The molecule has 0 spiro atoms. The average Bonchev–Trinajstić information content (AvgIpc) is 3.03. The van der Waals surface area contributed by atoms with Crippen LogP contribution >= 0.6 is 0 Å². The van der Waals surface area contributed by atoms with Gasteiger partial charge in [0.1, 0.15) is 12.6 Å². The number of nitrogens with one attached hydrogen (secondary N) is 3. The second kappa shape index (κ2) is 10.6. The van der Waals surface area contributed by atoms with Crippen LogP contribution in [0.25, 0.3) is 0 Å². The first-order valence-electron chi connectivity index (χ1n) is 11.3. The highest BCUT2D eigenvalue weighted by Crippen LogP contribution is 2.26. The third-order valence-corrected chi connectivity index (χ3v) is 6.43. The van der Waals surface area contributed by atoms with Crippen molar-refractivity contribution >= 4 is 17.8 Å². The van der Waals surface area contributed by atoms with Crippen molar-refractivity contribution in [3.05, 3.63) is 0 Å². The van der Waals surface area contributed by atoms with E-state index in [-0.39, 0.29) is 42.6 Å². The summed E-state index contributed by atoms with van der Waals surface area (Å²) in [6.45, 7) is 7.57. The highest BCUT2D eigenvalue weighted by Gasteiger charge is 2.44. The number of urea groups is 1. The average molecular weight is 439 g/mol. The highest BCUT2D eigenvalue weighted by atomic mass is 16.5. The predicted octanol–water partition coefficient (Wildman–Crippen LogP) is -0.795. The number of amides is 4. The zero-order valence-corrected chi connectivity index (χ0v) is 19.2. The Morgan fingerprint density at radius 3 is 2.45 bits per heavy atom. The smallest absolute Gasteiger partial charge is 0.315 e. The minimum atomic E-state index is -0.601. The van der Waals surface area contributed by atoms with Gasteiger partial charge in [-0.3, -0.25) is 14.5 Å². The standard InChI is InChI=1S/C21H38N6O4/c1-14(2)22-21(30)23-15-9-17-11-26(16-5-7-25(3)8-6-16)12-18(20(29)27(17)10-15)24-19(28)13-31-4/h14-18H,5-13H2,1-4H3,(H,24,28)(H2,22,23,30)/t15-,17-,18-/m0/s1. The van der Waals surface area contributed by atoms with Crippen molar-refractivity contribution in [3.8, 4) is 0 Å². The molecule has 0 saturated carbocycles. The topological polar surface area (TPSA) is 106 Å². The van der Waals surface area contributed by atoms with Gasteiger partial charge in [-0.25, -0.2) is 4.79 Å². The SMILES string of the molecule is COCC(=O)N[C@H]1CN(C2CCN(C)CC2)C[C@@H]2C[C@H](NC(=O)NC(C)C)CN2C1=O. The Hall–Kier alpha value is -1.91. The van der Waals surface area contributed by atoms with Crippen molar-refractivity contribution < 1.29 is 19.1 Å². The molecular formula is C21H38N6O4. The van der Waals surface area contributed by atoms with E-state index >= 15 is 0 Å². The lowest BCUT2D eigenvalue weighted by molar-refractivity contribution is -0.137. The number of piperidine rings is 1. The van der Waals surface area contributed by atoms with Gasteiger partial charge in [0.2, 0.25) is 11.8 Å². The van der Waals surface area contributed by atoms with Gasteiger partial charge in [-0.15, -0.1) is 0 Å². The molecule has 3 heterocycles. The maximum atomic E-state index is 13.4. The number of ether oxygens (including phenoxy) is 1. The maximum absolute atomic E-state index is 13.4. The maximum Gasteiger partial charge on any atom is 0.315 e. The minimum absolute atomic E-state index is 0.0285. The van der Waals surface area contributed by atoms with Gasteiger partial charge in [0.05, 0.1) is 6.04 Å². The van der Waals surface area contributed by atoms with E-state index in [1.54, 1.807) is 0 Å². The largest absolute Gasteiger partial charge is 0.375 e. The molecule has 3 fully saturated rings. The second-order valence-corrected chi connectivity index (χ2v) is 9.39. The third-order valence-electron chi connectivity index (χ3n) is 6.43. The summed E-state index contributed by atoms with van der Waals surface area (Å²) in [5, 5.41) is 8.73. The van der Waals surface area contributed by atoms with E-state index in [1.165, 1.54) is 7.11 Å². The fourth-order valence-electron chi connectivity index (χ4n) is 4.94. The number of methoxy groups -OCH3 is 1. The molecule has 4 amide bonds. The fourth-order valence-corrected chi connectivity index (χ4v) is 4.94. The number of likely N-dealkylation sites (tertiary alicyclic amines) is 1. The molecule has 0 bridgehead atoms. The minimum Gasteiger partial charge on any atom is -0.375 e. The third kappa shape index (κ3) is 6.30. The Labute approximate surface area is 185 Å². The normalized spacial score (nSPS) is 28.4. The summed E-state index contributed by atoms with van der Waals surface area (Å²) < 4.78 is 4.94. The fraction of sp³-hybridized carbons (Fsp3) is 0.857. The van der Waals surface area contributed by atoms with E-state index < -0.39 is 6.04 Å². The molecule has 0 radical (unpaired) electrons. The molecule has 3 N–H and O–H groups in total. The quantitative estimate of drug-likeness (QED) is 0.502. The first-order chi connectivity index (χ1) is 14.8. The van der Waals surface area contributed by atoms with Crippen LogP contribution in [0.3, 0.4) is 0 Å². The van der Waals surface area contributed by atoms with Crippen molar-refractivity contribution in [1.29, 1.82) is 0 Å². The molecule has 10 heteroatoms. The molecule has 0 aliphatic carbocycles. The molecule has 3 saturated heterocycles. The molecule has 3 rings (SSSR count). The van der Waals surface area contributed by atoms with Crippen molar-refractivity contribution in [2.75, 3.05) is 53.5 Å². The Morgan fingerprint density at radius 1 is 1.10 bits per heavy atom. The van der Waals surface area contributed by atoms with Crippen LogP contribution in [0.1, 0.15) is 33.1 Å². The highest BCUT2D eigenvalue weighted by molar-refractivity contribution is 5.89. The predicted molar refractivity (Wildman–Crippen MR) is 117 cm³/mol. The van der Waals surface area contributed by atoms with E-state index in [9.17, 15) is 14.4 Å². The van der Waals surface area contributed by atoms with Gasteiger partial charge < -0.3 is 30.5 Å². The summed E-state index contributed by atoms with van der Waals surface area (Å²) in [5.41, 5.74) is 0. The second-order valence-electron chi connectivity index (χ2n) is 9.39. The van der Waals surface area contributed by atoms with Crippen LogP contribution in [0.4, 0.5) is 4.79 Å². The first kappa shape index (κ1) is 23.7. The van der Waals surface area contributed by atoms with Crippen LogP contribution in [-0.4, -0.2) is 116 Å². The summed E-state index contributed by atoms with van der Waals surface area (Å²) in [6, 6.07) is -0.435. The number of hydrogen-bond donors (Lipinski definition) is 3. The van der Waals surface area contributed by atoms with E-state index in [0.29, 0.717) is 19.1 Å². The van der Waals surface area contributed by atoms with Crippen LogP contribution in [0.15, 0.2) is 0 Å². The van der Waals surface area contributed by atoms with Crippen molar-refractivity contribution in [2.45, 2.75) is 63.3 Å². The number of nitrogens with zero attached hydrogens (tertiary/aromatic N) is 3. The molecule has 3 aliphatic rings. The molecule has 31 heavy (non-hydrogen) atoms. The monoisotopic (exact) mass is 438 g/mol. The van der Waals surface area contributed by atoms with E-state index in [0.717, 1.165) is 38.9 Å². The van der Waals surface area contributed by atoms with Gasteiger partial charge >= 0.3 is 6.03 Å². The Balaban J connectivity index is 1.72. The lowest BCUT2D eigenvalue weighted by Crippen LogP contribution is -2.54. The van der Waals surface area contributed by atoms with Gasteiger partial charge in [-0.2, -0.15) is 0 Å². The molecule has 0 aromatic rings. The zero-order chi connectivity index (χ0) is 22.5. The molecular weight excluding hydrogens is 400 g/mol. The molecule has 0 aromatic heterocycles. The molecule has 176 valence electrons. The Bertz CT molecular complexity index is 652. The summed E-state index contributed by atoms with van der Waals surface area (Å²) in [5.74, 6) is -0.355. The lowest BCUT2D eigenvalue weighted by atomic mass is 10.0. The molecule has 0 unspecified atom stereocenters. The van der Waals surface area contributed by atoms with E-state index in [4.69, 9.17) is 4.74 Å². The van der Waals surface area contributed by atoms with E-state index in [2.05, 4.69) is 32.8 Å². The van der Waals surface area contributed by atoms with Gasteiger partial charge in [-0.1, -0.05) is 0 Å². The van der Waals surface area contributed by atoms with Crippen LogP contribution in [0.5, 0.6) is 0 Å². The number of carbonyl (C=O) groups excluding carboxylic acids is 3. The van der Waals surface area contributed by atoms with Crippen LogP contribution in [-0.2, 0) is 14.3 Å². The summed E-state index contributed by atoms with van der Waals surface area (Å²) in [7, 11) is 3.60. The lowest BCUT2D eigenvalue weighted by Gasteiger charge is -2.38. The Morgan fingerprint density at radius 2 is 1.81 bits per heavy atom. The summed E-state index contributed by atoms with van der Waals surface area (Å²) in [4.78, 5) is 44.3. The number of rotatable bonds is 6. The van der Waals surface area contributed by atoms with E-state index in [1.807, 2.05) is 18.7 Å². The number of hydrogen-bond acceptors (Lipinski definition) is 6. The van der Waals surface area contributed by atoms with Crippen LogP contribution in [0.2, 0.25) is 0 Å². The zero-order valence-electron chi connectivity index (χ0n) is 19.2. The summed E-state index contributed by atoms with van der Waals surface area (Å²) in [6.07, 6.45) is 2.82. The van der Waals surface area contributed by atoms with Crippen molar-refractivity contribution in [3.63, 3.8) is 0 Å². The van der Waals surface area contributed by atoms with Crippen LogP contribution < -0.4 is 16.0 Å². The molecule has 10 nitrogen and oxygen atoms in total.